The molecule has 30 heavy (non-hydrogen) atoms. The average molecular weight is 414 g/mol. The molecule has 0 radical (unpaired) electrons. The molecule has 5 rings (SSSR count). The van der Waals surface area contributed by atoms with Crippen molar-refractivity contribution in [2.24, 2.45) is 0 Å². The van der Waals surface area contributed by atoms with E-state index in [1.165, 1.54) is 0 Å². The van der Waals surface area contributed by atoms with Crippen molar-refractivity contribution in [3.05, 3.63) is 94.5 Å². The van der Waals surface area contributed by atoms with Crippen LogP contribution in [0.2, 0.25) is 0 Å². The van der Waals surface area contributed by atoms with Crippen molar-refractivity contribution in [3.63, 3.8) is 0 Å². The van der Waals surface area contributed by atoms with Crippen LogP contribution in [0.15, 0.2) is 82.5 Å². The second-order valence-corrected chi connectivity index (χ2v) is 8.27. The van der Waals surface area contributed by atoms with E-state index in [0.717, 1.165) is 16.3 Å². The maximum absolute atomic E-state index is 13.2. The lowest BCUT2D eigenvalue weighted by Crippen LogP contribution is -2.35. The predicted octanol–water partition coefficient (Wildman–Crippen LogP) is 4.45. The van der Waals surface area contributed by atoms with Gasteiger partial charge in [-0.15, -0.1) is 11.8 Å². The standard InChI is InChI=1S/C24H19N3O2S/c1-16-25-20-7-3-2-6-19(20)24(29)27(16)18-12-10-17(11-13-18)23(28)26-14-15-30-22-9-5-4-8-21(22)26/h2-13H,14-15H2,1H3. The first-order chi connectivity index (χ1) is 14.6. The topological polar surface area (TPSA) is 55.2 Å². The Morgan fingerprint density at radius 2 is 1.70 bits per heavy atom. The zero-order valence-corrected chi connectivity index (χ0v) is 17.2. The number of aryl methyl sites for hydroxylation is 1. The first-order valence-corrected chi connectivity index (χ1v) is 10.7. The van der Waals surface area contributed by atoms with Crippen molar-refractivity contribution < 1.29 is 4.79 Å². The van der Waals surface area contributed by atoms with E-state index >= 15 is 0 Å². The summed E-state index contributed by atoms with van der Waals surface area (Å²) in [7, 11) is 0. The molecule has 3 aromatic carbocycles. The number of carbonyl (C=O) groups is 1. The molecule has 0 N–H and O–H groups in total. The molecule has 148 valence electrons. The zero-order chi connectivity index (χ0) is 20.7. The first-order valence-electron chi connectivity index (χ1n) is 9.76. The molecule has 0 aliphatic carbocycles. The highest BCUT2D eigenvalue weighted by Crippen LogP contribution is 2.35. The van der Waals surface area contributed by atoms with E-state index in [-0.39, 0.29) is 11.5 Å². The number of anilines is 1. The summed E-state index contributed by atoms with van der Waals surface area (Å²) in [6, 6.07) is 22.5. The first kappa shape index (κ1) is 18.6. The van der Waals surface area contributed by atoms with Crippen LogP contribution >= 0.6 is 11.8 Å². The Morgan fingerprint density at radius 3 is 2.53 bits per heavy atom. The van der Waals surface area contributed by atoms with E-state index in [0.29, 0.717) is 34.5 Å². The summed E-state index contributed by atoms with van der Waals surface area (Å²) < 4.78 is 1.59. The number of thioether (sulfide) groups is 1. The molecule has 6 heteroatoms. The molecule has 1 aliphatic heterocycles. The summed E-state index contributed by atoms with van der Waals surface area (Å²) in [4.78, 5) is 33.7. The predicted molar refractivity (Wildman–Crippen MR) is 121 cm³/mol. The second-order valence-electron chi connectivity index (χ2n) is 7.14. The van der Waals surface area contributed by atoms with Gasteiger partial charge in [0.25, 0.3) is 11.5 Å². The monoisotopic (exact) mass is 413 g/mol. The number of benzene rings is 3. The average Bonchev–Trinajstić information content (AvgIpc) is 2.79. The lowest BCUT2D eigenvalue weighted by molar-refractivity contribution is 0.0987. The van der Waals surface area contributed by atoms with Gasteiger partial charge in [-0.05, 0) is 55.5 Å². The Balaban J connectivity index is 1.51. The van der Waals surface area contributed by atoms with Gasteiger partial charge in [0.15, 0.2) is 0 Å². The molecule has 0 fully saturated rings. The van der Waals surface area contributed by atoms with E-state index in [1.807, 2.05) is 66.4 Å². The molecule has 1 aliphatic rings. The summed E-state index contributed by atoms with van der Waals surface area (Å²) in [5, 5.41) is 0.575. The fraction of sp³-hybridized carbons (Fsp3) is 0.125. The van der Waals surface area contributed by atoms with Gasteiger partial charge in [0.1, 0.15) is 5.82 Å². The lowest BCUT2D eigenvalue weighted by Gasteiger charge is -2.29. The van der Waals surface area contributed by atoms with Crippen molar-refractivity contribution in [1.29, 1.82) is 0 Å². The fourth-order valence-corrected chi connectivity index (χ4v) is 4.83. The molecule has 1 aromatic heterocycles. The molecule has 0 atom stereocenters. The summed E-state index contributed by atoms with van der Waals surface area (Å²) in [6.45, 7) is 2.49. The van der Waals surface area contributed by atoms with E-state index in [2.05, 4.69) is 4.98 Å². The van der Waals surface area contributed by atoms with Gasteiger partial charge in [0.2, 0.25) is 0 Å². The van der Waals surface area contributed by atoms with E-state index < -0.39 is 0 Å². The van der Waals surface area contributed by atoms with Gasteiger partial charge in [-0.3, -0.25) is 14.2 Å². The number of para-hydroxylation sites is 2. The molecule has 0 unspecified atom stereocenters. The van der Waals surface area contributed by atoms with Crippen LogP contribution < -0.4 is 10.5 Å². The Kier molecular flexibility index (Phi) is 4.64. The maximum atomic E-state index is 13.2. The number of carbonyl (C=O) groups excluding carboxylic acids is 1. The molecule has 0 saturated heterocycles. The highest BCUT2D eigenvalue weighted by atomic mass is 32.2. The van der Waals surface area contributed by atoms with Gasteiger partial charge < -0.3 is 4.90 Å². The highest BCUT2D eigenvalue weighted by molar-refractivity contribution is 7.99. The largest absolute Gasteiger partial charge is 0.306 e. The number of fused-ring (bicyclic) bond motifs is 2. The van der Waals surface area contributed by atoms with E-state index in [9.17, 15) is 9.59 Å². The van der Waals surface area contributed by atoms with Crippen LogP contribution in [0.5, 0.6) is 0 Å². The SMILES string of the molecule is Cc1nc2ccccc2c(=O)n1-c1ccc(C(=O)N2CCSc3ccccc32)cc1. The summed E-state index contributed by atoms with van der Waals surface area (Å²) in [6.07, 6.45) is 0. The fourth-order valence-electron chi connectivity index (χ4n) is 3.84. The van der Waals surface area contributed by atoms with Gasteiger partial charge in [-0.2, -0.15) is 0 Å². The van der Waals surface area contributed by atoms with E-state index in [1.54, 1.807) is 34.5 Å². The minimum Gasteiger partial charge on any atom is -0.306 e. The number of aromatic nitrogens is 2. The Bertz CT molecular complexity index is 1330. The number of nitrogens with zero attached hydrogens (tertiary/aromatic N) is 3. The number of amides is 1. The Hall–Kier alpha value is -3.38. The minimum atomic E-state index is -0.112. The molecule has 0 saturated carbocycles. The van der Waals surface area contributed by atoms with Gasteiger partial charge in [-0.25, -0.2) is 4.98 Å². The van der Waals surface area contributed by atoms with Crippen molar-refractivity contribution in [1.82, 2.24) is 9.55 Å². The highest BCUT2D eigenvalue weighted by Gasteiger charge is 2.23. The summed E-state index contributed by atoms with van der Waals surface area (Å²) in [5.41, 5.74) is 2.82. The Labute approximate surface area is 178 Å². The van der Waals surface area contributed by atoms with Crippen molar-refractivity contribution in [2.45, 2.75) is 11.8 Å². The van der Waals surface area contributed by atoms with Crippen LogP contribution in [-0.4, -0.2) is 27.8 Å². The normalized spacial score (nSPS) is 13.3. The minimum absolute atomic E-state index is 0.0324. The smallest absolute Gasteiger partial charge is 0.265 e. The zero-order valence-electron chi connectivity index (χ0n) is 16.4. The number of hydrogen-bond donors (Lipinski definition) is 0. The second kappa shape index (κ2) is 7.46. The van der Waals surface area contributed by atoms with Gasteiger partial charge in [0.05, 0.1) is 22.3 Å². The summed E-state index contributed by atoms with van der Waals surface area (Å²) >= 11 is 1.77. The molecule has 1 amide bonds. The van der Waals surface area contributed by atoms with Crippen molar-refractivity contribution in [2.75, 3.05) is 17.2 Å². The van der Waals surface area contributed by atoms with Crippen LogP contribution in [-0.2, 0) is 0 Å². The Morgan fingerprint density at radius 1 is 0.967 bits per heavy atom. The molecule has 0 bridgehead atoms. The van der Waals surface area contributed by atoms with Crippen LogP contribution in [0.1, 0.15) is 16.2 Å². The van der Waals surface area contributed by atoms with Gasteiger partial charge >= 0.3 is 0 Å². The number of rotatable bonds is 2. The van der Waals surface area contributed by atoms with Crippen LogP contribution in [0.3, 0.4) is 0 Å². The quantitative estimate of drug-likeness (QED) is 0.487. The third-order valence-corrected chi connectivity index (χ3v) is 6.33. The lowest BCUT2D eigenvalue weighted by atomic mass is 10.1. The van der Waals surface area contributed by atoms with Crippen LogP contribution in [0, 0.1) is 6.92 Å². The van der Waals surface area contributed by atoms with E-state index in [4.69, 9.17) is 0 Å². The van der Waals surface area contributed by atoms with Crippen molar-refractivity contribution >= 4 is 34.3 Å². The number of hydrogen-bond acceptors (Lipinski definition) is 4. The molecule has 5 nitrogen and oxygen atoms in total. The third kappa shape index (κ3) is 3.09. The molecular formula is C24H19N3O2S. The van der Waals surface area contributed by atoms with Gasteiger partial charge in [0, 0.05) is 22.8 Å². The molecule has 0 spiro atoms. The summed E-state index contributed by atoms with van der Waals surface area (Å²) in [5.74, 6) is 1.45. The molecule has 4 aromatic rings. The molecule has 2 heterocycles. The van der Waals surface area contributed by atoms with Crippen molar-refractivity contribution in [3.8, 4) is 5.69 Å². The van der Waals surface area contributed by atoms with Crippen LogP contribution in [0.4, 0.5) is 5.69 Å². The maximum Gasteiger partial charge on any atom is 0.265 e. The van der Waals surface area contributed by atoms with Crippen LogP contribution in [0.25, 0.3) is 16.6 Å². The third-order valence-electron chi connectivity index (χ3n) is 5.29. The van der Waals surface area contributed by atoms with Gasteiger partial charge in [-0.1, -0.05) is 24.3 Å². The molecular weight excluding hydrogens is 394 g/mol.